The van der Waals surface area contributed by atoms with Gasteiger partial charge in [0.15, 0.2) is 0 Å². The molecule has 3 saturated carbocycles. The number of hydrogen-bond acceptors (Lipinski definition) is 8. The van der Waals surface area contributed by atoms with Gasteiger partial charge in [-0.15, -0.1) is 5.10 Å². The number of alkyl carbamates (subject to hydrolysis) is 2. The first-order valence-corrected chi connectivity index (χ1v) is 20.7. The molecule has 3 fully saturated rings. The molecule has 1 heterocycles. The molecule has 11 heteroatoms. The van der Waals surface area contributed by atoms with Crippen molar-refractivity contribution in [2.24, 2.45) is 28.6 Å². The summed E-state index contributed by atoms with van der Waals surface area (Å²) in [6, 6.07) is 9.61. The summed E-state index contributed by atoms with van der Waals surface area (Å²) in [6.07, 6.45) is 13.3. The molecule has 1 aromatic carbocycles. The monoisotopic (exact) mass is 759 g/mol. The summed E-state index contributed by atoms with van der Waals surface area (Å²) in [7, 11) is 0. The number of unbranched alkanes of at least 4 members (excludes halogenated alkanes) is 1. The zero-order valence-corrected chi connectivity index (χ0v) is 34.5. The Labute approximate surface area is 328 Å². The van der Waals surface area contributed by atoms with Crippen molar-refractivity contribution in [2.75, 3.05) is 6.54 Å². The van der Waals surface area contributed by atoms with Gasteiger partial charge in [0.05, 0.1) is 12.2 Å². The third-order valence-electron chi connectivity index (χ3n) is 13.0. The Hall–Kier alpha value is -3.89. The Balaban J connectivity index is 1.06. The van der Waals surface area contributed by atoms with E-state index in [0.717, 1.165) is 37.9 Å². The van der Waals surface area contributed by atoms with Gasteiger partial charge in [0.25, 0.3) is 0 Å². The second-order valence-corrected chi connectivity index (χ2v) is 19.2. The van der Waals surface area contributed by atoms with Crippen LogP contribution in [0.2, 0.25) is 0 Å². The van der Waals surface area contributed by atoms with Gasteiger partial charge in [-0.05, 0) is 140 Å². The number of fused-ring (bicyclic) bond motifs is 5. The van der Waals surface area contributed by atoms with Crippen molar-refractivity contribution < 1.29 is 28.6 Å². The van der Waals surface area contributed by atoms with Crippen molar-refractivity contribution in [3.8, 4) is 0 Å². The standard InChI is InChI=1S/C44H65N5O6/c1-41(2,3)54-39(51)45-25-13-12-16-36(46-40(52)55-42(4,5)6)38(50)53-31-21-23-43(7)30(26-31)17-18-32-33-19-20-35(44(33,8)24-22-34(32)43)37-28-49(48-47-37)27-29-14-10-9-11-15-29/h9-11,14-15,17,28,31-36H,12-13,16,18-27H2,1-8H3,(H,45,51)(H,46,52)/t31?,32?,33?,34?,35?,36-,43?,44?/m0/s1. The van der Waals surface area contributed by atoms with Gasteiger partial charge in [0.1, 0.15) is 23.3 Å². The van der Waals surface area contributed by atoms with E-state index < -0.39 is 35.4 Å². The van der Waals surface area contributed by atoms with Crippen LogP contribution in [0.5, 0.6) is 0 Å². The van der Waals surface area contributed by atoms with Crippen molar-refractivity contribution in [1.82, 2.24) is 25.6 Å². The van der Waals surface area contributed by atoms with Crippen molar-refractivity contribution in [3.63, 3.8) is 0 Å². The van der Waals surface area contributed by atoms with Gasteiger partial charge in [0.2, 0.25) is 0 Å². The molecule has 7 unspecified atom stereocenters. The number of carbonyl (C=O) groups excluding carboxylic acids is 3. The third-order valence-corrected chi connectivity index (χ3v) is 13.0. The van der Waals surface area contributed by atoms with Crippen molar-refractivity contribution in [3.05, 3.63) is 59.4 Å². The molecule has 55 heavy (non-hydrogen) atoms. The van der Waals surface area contributed by atoms with Gasteiger partial charge < -0.3 is 24.8 Å². The zero-order valence-electron chi connectivity index (χ0n) is 34.5. The topological polar surface area (TPSA) is 134 Å². The zero-order chi connectivity index (χ0) is 39.6. The second-order valence-electron chi connectivity index (χ2n) is 19.2. The highest BCUT2D eigenvalue weighted by molar-refractivity contribution is 5.81. The number of carbonyl (C=O) groups is 3. The number of hydrogen-bond donors (Lipinski definition) is 2. The largest absolute Gasteiger partial charge is 0.461 e. The summed E-state index contributed by atoms with van der Waals surface area (Å²) in [5.41, 5.74) is 2.85. The van der Waals surface area contributed by atoms with Crippen molar-refractivity contribution >= 4 is 18.2 Å². The lowest BCUT2D eigenvalue weighted by Gasteiger charge is -2.58. The number of amides is 2. The predicted octanol–water partition coefficient (Wildman–Crippen LogP) is 8.87. The Morgan fingerprint density at radius 3 is 2.36 bits per heavy atom. The SMILES string of the molecule is CC(C)(C)OC(=O)NCCCC[C@H](NC(=O)OC(C)(C)C)C(=O)OC1CCC2(C)C(=CCC3C2CCC2(C)C(c4cn(Cc5ccccc5)nn4)CCC32)C1. The van der Waals surface area contributed by atoms with E-state index in [2.05, 4.69) is 66.2 Å². The average molecular weight is 760 g/mol. The highest BCUT2D eigenvalue weighted by Gasteiger charge is 2.59. The van der Waals surface area contributed by atoms with E-state index in [-0.39, 0.29) is 16.9 Å². The van der Waals surface area contributed by atoms with Gasteiger partial charge in [-0.25, -0.2) is 19.1 Å². The summed E-state index contributed by atoms with van der Waals surface area (Å²) in [5.74, 6) is 1.91. The van der Waals surface area contributed by atoms with E-state index in [1.54, 1.807) is 20.8 Å². The molecule has 1 aromatic heterocycles. The molecule has 4 aliphatic rings. The van der Waals surface area contributed by atoms with Crippen LogP contribution < -0.4 is 10.6 Å². The summed E-state index contributed by atoms with van der Waals surface area (Å²) < 4.78 is 19.0. The van der Waals surface area contributed by atoms with E-state index in [1.165, 1.54) is 36.8 Å². The molecule has 2 amide bonds. The van der Waals surface area contributed by atoms with E-state index in [9.17, 15) is 14.4 Å². The first-order chi connectivity index (χ1) is 25.9. The molecule has 2 aromatic rings. The van der Waals surface area contributed by atoms with Gasteiger partial charge in [-0.2, -0.15) is 0 Å². The van der Waals surface area contributed by atoms with Crippen LogP contribution in [-0.2, 0) is 25.5 Å². The highest BCUT2D eigenvalue weighted by Crippen LogP contribution is 2.68. The Morgan fingerprint density at radius 2 is 1.64 bits per heavy atom. The third kappa shape index (κ3) is 9.74. The number of esters is 1. The van der Waals surface area contributed by atoms with E-state index in [1.807, 2.05) is 31.5 Å². The van der Waals surface area contributed by atoms with Crippen LogP contribution in [0, 0.1) is 28.6 Å². The molecule has 6 rings (SSSR count). The number of aromatic nitrogens is 3. The van der Waals surface area contributed by atoms with E-state index in [0.29, 0.717) is 49.5 Å². The molecule has 2 N–H and O–H groups in total. The number of rotatable bonds is 11. The molecule has 0 spiro atoms. The fourth-order valence-corrected chi connectivity index (χ4v) is 10.5. The van der Waals surface area contributed by atoms with Gasteiger partial charge in [-0.1, -0.05) is 61.0 Å². The molecular formula is C44H65N5O6. The quantitative estimate of drug-likeness (QED) is 0.101. The Kier molecular flexibility index (Phi) is 12.1. The molecule has 4 aliphatic carbocycles. The van der Waals surface area contributed by atoms with Gasteiger partial charge in [0, 0.05) is 25.1 Å². The summed E-state index contributed by atoms with van der Waals surface area (Å²) in [6.45, 7) is 17.0. The van der Waals surface area contributed by atoms with Crippen LogP contribution in [0.25, 0.3) is 0 Å². The van der Waals surface area contributed by atoms with Gasteiger partial charge in [-0.3, -0.25) is 0 Å². The van der Waals surface area contributed by atoms with Crippen LogP contribution in [0.15, 0.2) is 48.2 Å². The maximum atomic E-state index is 13.7. The minimum absolute atomic E-state index is 0.0966. The second kappa shape index (κ2) is 16.3. The fourth-order valence-electron chi connectivity index (χ4n) is 10.5. The van der Waals surface area contributed by atoms with Crippen LogP contribution in [-0.4, -0.2) is 63.0 Å². The predicted molar refractivity (Wildman–Crippen MR) is 211 cm³/mol. The molecule has 0 radical (unpaired) electrons. The number of benzene rings is 1. The fraction of sp³-hybridized carbons (Fsp3) is 0.705. The lowest BCUT2D eigenvalue weighted by molar-refractivity contribution is -0.154. The van der Waals surface area contributed by atoms with Crippen molar-refractivity contribution in [2.45, 2.75) is 162 Å². The van der Waals surface area contributed by atoms with Crippen LogP contribution in [0.1, 0.15) is 143 Å². The average Bonchev–Trinajstić information content (AvgIpc) is 3.70. The maximum absolute atomic E-state index is 13.7. The molecule has 8 atom stereocenters. The molecule has 0 saturated heterocycles. The number of nitrogens with zero attached hydrogens (tertiary/aromatic N) is 3. The normalized spacial score (nSPS) is 29.5. The van der Waals surface area contributed by atoms with Gasteiger partial charge >= 0.3 is 18.2 Å². The van der Waals surface area contributed by atoms with E-state index in [4.69, 9.17) is 19.3 Å². The highest BCUT2D eigenvalue weighted by atomic mass is 16.6. The summed E-state index contributed by atoms with van der Waals surface area (Å²) >= 11 is 0. The van der Waals surface area contributed by atoms with Crippen molar-refractivity contribution in [1.29, 1.82) is 0 Å². The molecule has 0 bridgehead atoms. The molecular weight excluding hydrogens is 695 g/mol. The number of allylic oxidation sites excluding steroid dienone is 1. The maximum Gasteiger partial charge on any atom is 0.408 e. The molecule has 302 valence electrons. The molecule has 11 nitrogen and oxygen atoms in total. The Morgan fingerprint density at radius 1 is 0.909 bits per heavy atom. The van der Waals surface area contributed by atoms with Crippen LogP contribution >= 0.6 is 0 Å². The van der Waals surface area contributed by atoms with E-state index >= 15 is 0 Å². The number of nitrogens with one attached hydrogen (secondary N) is 2. The van der Waals surface area contributed by atoms with Crippen LogP contribution in [0.4, 0.5) is 9.59 Å². The smallest absolute Gasteiger partial charge is 0.408 e. The Bertz CT molecular complexity index is 1690. The summed E-state index contributed by atoms with van der Waals surface area (Å²) in [5, 5.41) is 14.8. The molecule has 0 aliphatic heterocycles. The lowest BCUT2D eigenvalue weighted by Crippen LogP contribution is -2.51. The minimum atomic E-state index is -0.847. The first kappa shape index (κ1) is 40.8. The van der Waals surface area contributed by atoms with Crippen LogP contribution in [0.3, 0.4) is 0 Å². The lowest BCUT2D eigenvalue weighted by atomic mass is 9.47. The summed E-state index contributed by atoms with van der Waals surface area (Å²) in [4.78, 5) is 38.5. The first-order valence-electron chi connectivity index (χ1n) is 20.7. The number of ether oxygens (including phenoxy) is 3. The minimum Gasteiger partial charge on any atom is -0.461 e.